The van der Waals surface area contributed by atoms with Crippen LogP contribution in [0, 0.1) is 11.6 Å². The highest BCUT2D eigenvalue weighted by atomic mass is 19.1. The first kappa shape index (κ1) is 16.8. The molecule has 6 nitrogen and oxygen atoms in total. The highest BCUT2D eigenvalue weighted by Crippen LogP contribution is 2.21. The number of rotatable bonds is 6. The Morgan fingerprint density at radius 2 is 1.88 bits per heavy atom. The number of carbonyl (C=O) groups excluding carboxylic acids is 1. The molecule has 0 aliphatic heterocycles. The fraction of sp³-hybridized carbons (Fsp3) is 0.176. The number of halogens is 2. The molecule has 0 spiro atoms. The first-order chi connectivity index (χ1) is 12.1. The molecule has 0 fully saturated rings. The van der Waals surface area contributed by atoms with E-state index in [1.54, 1.807) is 29.1 Å². The van der Waals surface area contributed by atoms with Gasteiger partial charge in [-0.3, -0.25) is 4.79 Å². The van der Waals surface area contributed by atoms with Crippen LogP contribution in [0.5, 0.6) is 0 Å². The molecule has 0 aliphatic rings. The predicted octanol–water partition coefficient (Wildman–Crippen LogP) is 2.32. The van der Waals surface area contributed by atoms with Crippen molar-refractivity contribution >= 4 is 5.91 Å². The van der Waals surface area contributed by atoms with Crippen LogP contribution in [0.15, 0.2) is 48.9 Å². The van der Waals surface area contributed by atoms with Crippen LogP contribution in [0.4, 0.5) is 8.78 Å². The summed E-state index contributed by atoms with van der Waals surface area (Å²) in [5.41, 5.74) is 0.453. The molecule has 0 bridgehead atoms. The zero-order valence-corrected chi connectivity index (χ0v) is 13.4. The normalized spacial score (nSPS) is 10.8. The Balaban J connectivity index is 2.06. The van der Waals surface area contributed by atoms with E-state index in [0.717, 1.165) is 18.2 Å². The summed E-state index contributed by atoms with van der Waals surface area (Å²) in [5.74, 6) is -1.43. The second-order valence-corrected chi connectivity index (χ2v) is 5.26. The van der Waals surface area contributed by atoms with Gasteiger partial charge >= 0.3 is 0 Å². The number of carbonyl (C=O) groups is 1. The predicted molar refractivity (Wildman–Crippen MR) is 87.0 cm³/mol. The van der Waals surface area contributed by atoms with Crippen LogP contribution in [0.1, 0.15) is 10.4 Å². The number of benzene rings is 1. The summed E-state index contributed by atoms with van der Waals surface area (Å²) in [6.07, 6.45) is 4.80. The van der Waals surface area contributed by atoms with E-state index in [0.29, 0.717) is 19.0 Å². The molecule has 1 amide bonds. The Morgan fingerprint density at radius 1 is 1.20 bits per heavy atom. The molecule has 8 heteroatoms. The number of ether oxygens (including phenoxy) is 1. The maximum atomic E-state index is 13.6. The van der Waals surface area contributed by atoms with Gasteiger partial charge in [-0.05, 0) is 24.3 Å². The fourth-order valence-electron chi connectivity index (χ4n) is 2.44. The lowest BCUT2D eigenvalue weighted by atomic mass is 10.2. The average Bonchev–Trinajstić information content (AvgIpc) is 3.23. The number of nitrogens with zero attached hydrogens (tertiary/aromatic N) is 3. The monoisotopic (exact) mass is 346 g/mol. The van der Waals surface area contributed by atoms with Crippen molar-refractivity contribution in [1.82, 2.24) is 19.7 Å². The van der Waals surface area contributed by atoms with Crippen molar-refractivity contribution in [3.8, 4) is 11.5 Å². The van der Waals surface area contributed by atoms with Gasteiger partial charge in [0, 0.05) is 32.1 Å². The van der Waals surface area contributed by atoms with Crippen LogP contribution in [-0.2, 0) is 4.74 Å². The van der Waals surface area contributed by atoms with Gasteiger partial charge in [-0.2, -0.15) is 5.10 Å². The molecule has 130 valence electrons. The molecule has 0 radical (unpaired) electrons. The molecule has 2 aromatic heterocycles. The lowest BCUT2D eigenvalue weighted by molar-refractivity contribution is 0.0937. The minimum Gasteiger partial charge on any atom is -0.383 e. The van der Waals surface area contributed by atoms with E-state index in [9.17, 15) is 13.6 Å². The van der Waals surface area contributed by atoms with Crippen molar-refractivity contribution in [3.63, 3.8) is 0 Å². The van der Waals surface area contributed by atoms with Crippen LogP contribution >= 0.6 is 0 Å². The number of nitrogens with one attached hydrogen (secondary N) is 1. The van der Waals surface area contributed by atoms with Crippen LogP contribution < -0.4 is 5.32 Å². The van der Waals surface area contributed by atoms with E-state index in [-0.39, 0.29) is 17.2 Å². The first-order valence-corrected chi connectivity index (χ1v) is 7.55. The van der Waals surface area contributed by atoms with Gasteiger partial charge in [0.1, 0.15) is 17.2 Å². The number of hydrogen-bond acceptors (Lipinski definition) is 3. The van der Waals surface area contributed by atoms with Gasteiger partial charge in [-0.25, -0.2) is 13.5 Å². The number of hydrogen-bond donors (Lipinski definition) is 1. The minimum absolute atomic E-state index is 0.178. The maximum Gasteiger partial charge on any atom is 0.256 e. The largest absolute Gasteiger partial charge is 0.383 e. The molecular weight excluding hydrogens is 330 g/mol. The molecule has 0 saturated heterocycles. The van der Waals surface area contributed by atoms with Gasteiger partial charge in [0.05, 0.1) is 18.5 Å². The van der Waals surface area contributed by atoms with E-state index >= 15 is 0 Å². The summed E-state index contributed by atoms with van der Waals surface area (Å²) in [6.45, 7) is 0.702. The van der Waals surface area contributed by atoms with Crippen molar-refractivity contribution in [1.29, 1.82) is 0 Å². The maximum absolute atomic E-state index is 13.6. The Kier molecular flexibility index (Phi) is 4.90. The molecule has 25 heavy (non-hydrogen) atoms. The minimum atomic E-state index is -0.727. The molecule has 0 atom stereocenters. The zero-order valence-electron chi connectivity index (χ0n) is 13.4. The molecule has 3 aromatic rings. The highest BCUT2D eigenvalue weighted by Gasteiger charge is 2.20. The Morgan fingerprint density at radius 3 is 2.52 bits per heavy atom. The topological polar surface area (TPSA) is 61.1 Å². The van der Waals surface area contributed by atoms with Crippen molar-refractivity contribution in [2.45, 2.75) is 0 Å². The summed E-state index contributed by atoms with van der Waals surface area (Å²) in [6, 6.07) is 6.62. The Bertz CT molecular complexity index is 855. The van der Waals surface area contributed by atoms with Gasteiger partial charge in [-0.1, -0.05) is 0 Å². The second kappa shape index (κ2) is 7.27. The summed E-state index contributed by atoms with van der Waals surface area (Å²) in [4.78, 5) is 12.4. The van der Waals surface area contributed by atoms with Crippen LogP contribution in [-0.4, -0.2) is 40.5 Å². The molecular formula is C17H16F2N4O2. The van der Waals surface area contributed by atoms with Gasteiger partial charge < -0.3 is 14.6 Å². The number of methoxy groups -OCH3 is 1. The first-order valence-electron chi connectivity index (χ1n) is 7.55. The lowest BCUT2D eigenvalue weighted by Gasteiger charge is -2.11. The third-order valence-corrected chi connectivity index (χ3v) is 3.52. The van der Waals surface area contributed by atoms with Crippen LogP contribution in [0.2, 0.25) is 0 Å². The van der Waals surface area contributed by atoms with E-state index in [2.05, 4.69) is 10.4 Å². The summed E-state index contributed by atoms with van der Waals surface area (Å²) >= 11 is 0. The van der Waals surface area contributed by atoms with Crippen LogP contribution in [0.25, 0.3) is 11.5 Å². The van der Waals surface area contributed by atoms with Gasteiger partial charge in [0.25, 0.3) is 5.91 Å². The third kappa shape index (κ3) is 3.58. The lowest BCUT2D eigenvalue weighted by Crippen LogP contribution is -2.27. The molecule has 2 heterocycles. The van der Waals surface area contributed by atoms with E-state index in [1.807, 2.05) is 0 Å². The average molecular weight is 346 g/mol. The molecule has 1 N–H and O–H groups in total. The standard InChI is InChI=1S/C17H16F2N4O2/c1-25-7-4-20-16(24)15-11-21-23(17(15)22-5-2-3-6-22)14-9-12(18)8-13(19)10-14/h2-3,5-6,8-11H,4,7H2,1H3,(H,20,24). The van der Waals surface area contributed by atoms with Gasteiger partial charge in [0.15, 0.2) is 5.82 Å². The SMILES string of the molecule is COCCNC(=O)c1cnn(-c2cc(F)cc(F)c2)c1-n1cccc1. The van der Waals surface area contributed by atoms with Crippen molar-refractivity contribution in [2.24, 2.45) is 0 Å². The molecule has 0 aliphatic carbocycles. The van der Waals surface area contributed by atoms with Crippen molar-refractivity contribution in [2.75, 3.05) is 20.3 Å². The summed E-state index contributed by atoms with van der Waals surface area (Å²) < 4.78 is 35.0. The highest BCUT2D eigenvalue weighted by molar-refractivity contribution is 5.97. The second-order valence-electron chi connectivity index (χ2n) is 5.26. The Hall–Kier alpha value is -3.00. The van der Waals surface area contributed by atoms with E-state index < -0.39 is 11.6 Å². The number of amides is 1. The molecule has 0 saturated carbocycles. The summed E-state index contributed by atoms with van der Waals surface area (Å²) in [7, 11) is 1.54. The Labute approximate surface area is 142 Å². The van der Waals surface area contributed by atoms with E-state index in [1.165, 1.54) is 18.0 Å². The van der Waals surface area contributed by atoms with Gasteiger partial charge in [0.2, 0.25) is 0 Å². The fourth-order valence-corrected chi connectivity index (χ4v) is 2.44. The van der Waals surface area contributed by atoms with Crippen molar-refractivity contribution < 1.29 is 18.3 Å². The molecule has 3 rings (SSSR count). The summed E-state index contributed by atoms with van der Waals surface area (Å²) in [5, 5.41) is 6.86. The molecule has 1 aromatic carbocycles. The zero-order chi connectivity index (χ0) is 17.8. The van der Waals surface area contributed by atoms with Crippen LogP contribution in [0.3, 0.4) is 0 Å². The van der Waals surface area contributed by atoms with E-state index in [4.69, 9.17) is 4.74 Å². The van der Waals surface area contributed by atoms with Gasteiger partial charge in [-0.15, -0.1) is 0 Å². The quantitative estimate of drug-likeness (QED) is 0.697. The van der Waals surface area contributed by atoms with Crippen molar-refractivity contribution in [3.05, 3.63) is 66.1 Å². The smallest absolute Gasteiger partial charge is 0.256 e. The molecule has 0 unspecified atom stereocenters. The third-order valence-electron chi connectivity index (χ3n) is 3.52. The number of aromatic nitrogens is 3.